The van der Waals surface area contributed by atoms with Crippen molar-refractivity contribution >= 4 is 5.69 Å². The molecular formula is C15H21N3O. The molecule has 0 aliphatic carbocycles. The number of hydrogen-bond donors (Lipinski definition) is 2. The number of ether oxygens (including phenoxy) is 1. The van der Waals surface area contributed by atoms with Crippen molar-refractivity contribution in [1.82, 2.24) is 5.32 Å². The van der Waals surface area contributed by atoms with Crippen molar-refractivity contribution in [3.63, 3.8) is 0 Å². The van der Waals surface area contributed by atoms with Gasteiger partial charge in [-0.1, -0.05) is 6.92 Å². The van der Waals surface area contributed by atoms with Crippen molar-refractivity contribution < 1.29 is 4.74 Å². The van der Waals surface area contributed by atoms with Crippen LogP contribution in [0.15, 0.2) is 24.3 Å². The molecule has 1 saturated heterocycles. The highest BCUT2D eigenvalue weighted by Crippen LogP contribution is 2.31. The Morgan fingerprint density at radius 2 is 2.21 bits per heavy atom. The predicted molar refractivity (Wildman–Crippen MR) is 76.2 cm³/mol. The van der Waals surface area contributed by atoms with Crippen LogP contribution in [0.5, 0.6) is 5.75 Å². The Balaban J connectivity index is 2.19. The smallest absolute Gasteiger partial charge is 0.130 e. The molecule has 0 aromatic heterocycles. The molecule has 2 N–H and O–H groups in total. The Kier molecular flexibility index (Phi) is 4.28. The molecule has 0 saturated carbocycles. The van der Waals surface area contributed by atoms with Gasteiger partial charge in [-0.15, -0.1) is 0 Å². The normalized spacial score (nSPS) is 26.5. The number of nitrogens with one attached hydrogen (secondary N) is 2. The fourth-order valence-corrected chi connectivity index (χ4v) is 2.70. The van der Waals surface area contributed by atoms with Gasteiger partial charge in [-0.05, 0) is 43.7 Å². The van der Waals surface area contributed by atoms with E-state index in [1.54, 1.807) is 7.11 Å². The minimum atomic E-state index is -0.464. The van der Waals surface area contributed by atoms with E-state index in [9.17, 15) is 5.26 Å². The van der Waals surface area contributed by atoms with Crippen LogP contribution in [0, 0.1) is 17.2 Å². The fourth-order valence-electron chi connectivity index (χ4n) is 2.70. The summed E-state index contributed by atoms with van der Waals surface area (Å²) in [6.07, 6.45) is 1.82. The maximum Gasteiger partial charge on any atom is 0.130 e. The Labute approximate surface area is 114 Å². The molecule has 0 spiro atoms. The Morgan fingerprint density at radius 3 is 2.79 bits per heavy atom. The van der Waals surface area contributed by atoms with Crippen LogP contribution in [0.3, 0.4) is 0 Å². The molecule has 1 aromatic carbocycles. The zero-order chi connectivity index (χ0) is 13.7. The summed E-state index contributed by atoms with van der Waals surface area (Å²) in [4.78, 5) is 0. The maximum absolute atomic E-state index is 9.64. The average Bonchev–Trinajstić information content (AvgIpc) is 2.48. The van der Waals surface area contributed by atoms with Gasteiger partial charge in [0.25, 0.3) is 0 Å². The van der Waals surface area contributed by atoms with Crippen LogP contribution in [0.1, 0.15) is 19.8 Å². The molecule has 0 amide bonds. The molecule has 1 fully saturated rings. The third-order valence-electron chi connectivity index (χ3n) is 3.93. The van der Waals surface area contributed by atoms with E-state index < -0.39 is 5.54 Å². The van der Waals surface area contributed by atoms with Gasteiger partial charge in [-0.2, -0.15) is 5.26 Å². The number of nitriles is 1. The molecule has 4 nitrogen and oxygen atoms in total. The van der Waals surface area contributed by atoms with Crippen molar-refractivity contribution in [1.29, 1.82) is 5.26 Å². The Bertz CT molecular complexity index is 451. The predicted octanol–water partition coefficient (Wildman–Crippen LogP) is 2.39. The molecule has 0 bridgehead atoms. The van der Waals surface area contributed by atoms with E-state index in [1.807, 2.05) is 24.3 Å². The summed E-state index contributed by atoms with van der Waals surface area (Å²) in [6, 6.07) is 10.3. The fraction of sp³-hybridized carbons (Fsp3) is 0.533. The molecule has 1 aliphatic heterocycles. The minimum absolute atomic E-state index is 0.327. The molecule has 102 valence electrons. The lowest BCUT2D eigenvalue weighted by Crippen LogP contribution is -2.54. The first kappa shape index (κ1) is 13.7. The summed E-state index contributed by atoms with van der Waals surface area (Å²) in [7, 11) is 1.65. The van der Waals surface area contributed by atoms with Gasteiger partial charge in [0.1, 0.15) is 11.3 Å². The lowest BCUT2D eigenvalue weighted by atomic mass is 9.78. The molecule has 1 heterocycles. The van der Waals surface area contributed by atoms with Crippen LogP contribution in [0.2, 0.25) is 0 Å². The summed E-state index contributed by atoms with van der Waals surface area (Å²) < 4.78 is 5.15. The van der Waals surface area contributed by atoms with E-state index in [0.717, 1.165) is 37.4 Å². The second kappa shape index (κ2) is 5.94. The van der Waals surface area contributed by atoms with E-state index in [0.29, 0.717) is 5.92 Å². The van der Waals surface area contributed by atoms with E-state index in [2.05, 4.69) is 23.6 Å². The lowest BCUT2D eigenvalue weighted by molar-refractivity contribution is 0.276. The number of nitrogens with zero attached hydrogens (tertiary/aromatic N) is 1. The number of anilines is 1. The average molecular weight is 259 g/mol. The van der Waals surface area contributed by atoms with E-state index in [1.165, 1.54) is 0 Å². The molecule has 0 radical (unpaired) electrons. The second-order valence-corrected chi connectivity index (χ2v) is 5.00. The third-order valence-corrected chi connectivity index (χ3v) is 3.93. The van der Waals surface area contributed by atoms with Crippen molar-refractivity contribution in [2.45, 2.75) is 25.3 Å². The van der Waals surface area contributed by atoms with Crippen molar-refractivity contribution in [2.24, 2.45) is 5.92 Å². The first-order valence-corrected chi connectivity index (χ1v) is 6.78. The van der Waals surface area contributed by atoms with E-state index in [-0.39, 0.29) is 0 Å². The van der Waals surface area contributed by atoms with E-state index >= 15 is 0 Å². The minimum Gasteiger partial charge on any atom is -0.497 e. The van der Waals surface area contributed by atoms with Crippen LogP contribution in [0.25, 0.3) is 0 Å². The van der Waals surface area contributed by atoms with Crippen LogP contribution in [-0.4, -0.2) is 25.7 Å². The quantitative estimate of drug-likeness (QED) is 0.871. The summed E-state index contributed by atoms with van der Waals surface area (Å²) in [6.45, 7) is 3.92. The van der Waals surface area contributed by atoms with Gasteiger partial charge in [-0.25, -0.2) is 0 Å². The summed E-state index contributed by atoms with van der Waals surface area (Å²) in [5.41, 5.74) is 0.511. The lowest BCUT2D eigenvalue weighted by Gasteiger charge is -2.40. The van der Waals surface area contributed by atoms with Crippen molar-refractivity contribution in [3.05, 3.63) is 24.3 Å². The highest BCUT2D eigenvalue weighted by molar-refractivity contribution is 5.50. The van der Waals surface area contributed by atoms with Crippen LogP contribution in [-0.2, 0) is 0 Å². The number of hydrogen-bond acceptors (Lipinski definition) is 4. The number of methoxy groups -OCH3 is 1. The summed E-state index contributed by atoms with van der Waals surface area (Å²) in [5, 5.41) is 16.4. The molecule has 4 heteroatoms. The largest absolute Gasteiger partial charge is 0.497 e. The maximum atomic E-state index is 9.64. The molecular weight excluding hydrogens is 238 g/mol. The molecule has 2 rings (SSSR count). The molecule has 2 atom stereocenters. The molecule has 1 aliphatic rings. The number of piperidine rings is 1. The van der Waals surface area contributed by atoms with Gasteiger partial charge in [0.2, 0.25) is 0 Å². The monoisotopic (exact) mass is 259 g/mol. The summed E-state index contributed by atoms with van der Waals surface area (Å²) >= 11 is 0. The van der Waals surface area contributed by atoms with Gasteiger partial charge < -0.3 is 15.4 Å². The zero-order valence-electron chi connectivity index (χ0n) is 11.6. The Hall–Kier alpha value is -1.73. The van der Waals surface area contributed by atoms with Crippen molar-refractivity contribution in [2.75, 3.05) is 25.5 Å². The van der Waals surface area contributed by atoms with E-state index in [4.69, 9.17) is 4.74 Å². The first-order valence-electron chi connectivity index (χ1n) is 6.78. The molecule has 2 unspecified atom stereocenters. The van der Waals surface area contributed by atoms with Gasteiger partial charge in [0.15, 0.2) is 0 Å². The zero-order valence-corrected chi connectivity index (χ0v) is 11.6. The topological polar surface area (TPSA) is 57.1 Å². The molecule has 19 heavy (non-hydrogen) atoms. The van der Waals surface area contributed by atoms with Gasteiger partial charge in [0.05, 0.1) is 13.2 Å². The van der Waals surface area contributed by atoms with Gasteiger partial charge >= 0.3 is 0 Å². The molecule has 1 aromatic rings. The third kappa shape index (κ3) is 2.82. The van der Waals surface area contributed by atoms with Crippen LogP contribution >= 0.6 is 0 Å². The van der Waals surface area contributed by atoms with Gasteiger partial charge in [0, 0.05) is 18.2 Å². The van der Waals surface area contributed by atoms with Crippen molar-refractivity contribution in [3.8, 4) is 11.8 Å². The van der Waals surface area contributed by atoms with Crippen LogP contribution < -0.4 is 15.4 Å². The second-order valence-electron chi connectivity index (χ2n) is 5.00. The SMILES string of the molecule is CCC1CNCCC1(C#N)Nc1ccc(OC)cc1. The first-order chi connectivity index (χ1) is 9.24. The number of rotatable bonds is 4. The van der Waals surface area contributed by atoms with Gasteiger partial charge in [-0.3, -0.25) is 0 Å². The summed E-state index contributed by atoms with van der Waals surface area (Å²) in [5.74, 6) is 1.15. The Morgan fingerprint density at radius 1 is 1.47 bits per heavy atom. The highest BCUT2D eigenvalue weighted by Gasteiger charge is 2.40. The standard InChI is InChI=1S/C15H21N3O/c1-3-12-10-17-9-8-15(12,11-16)18-13-4-6-14(19-2)7-5-13/h4-7,12,17-18H,3,8-10H2,1-2H3. The highest BCUT2D eigenvalue weighted by atomic mass is 16.5. The number of benzene rings is 1. The van der Waals surface area contributed by atoms with Crippen LogP contribution in [0.4, 0.5) is 5.69 Å².